The smallest absolute Gasteiger partial charge is 0.416 e. The van der Waals surface area contributed by atoms with Crippen LogP contribution >= 0.6 is 0 Å². The maximum absolute atomic E-state index is 14.9. The summed E-state index contributed by atoms with van der Waals surface area (Å²) in [7, 11) is 0.502. The van der Waals surface area contributed by atoms with Crippen LogP contribution in [-0.4, -0.2) is 179 Å². The lowest BCUT2D eigenvalue weighted by Gasteiger charge is -2.40. The molecule has 0 saturated heterocycles. The molecule has 0 radical (unpaired) electrons. The number of amides is 7. The van der Waals surface area contributed by atoms with Crippen molar-refractivity contribution < 1.29 is 93.4 Å². The molecular formula is C69H79N9O20S2. The monoisotopic (exact) mass is 1420 g/mol. The fourth-order valence-electron chi connectivity index (χ4n) is 12.1. The van der Waals surface area contributed by atoms with E-state index in [9.17, 15) is 55.5 Å². The first kappa shape index (κ1) is 73.9. The van der Waals surface area contributed by atoms with Gasteiger partial charge in [-0.3, -0.25) is 19.2 Å². The van der Waals surface area contributed by atoms with E-state index in [-0.39, 0.29) is 113 Å². The summed E-state index contributed by atoms with van der Waals surface area (Å²) >= 11 is 0. The van der Waals surface area contributed by atoms with Crippen LogP contribution in [0.1, 0.15) is 76.6 Å². The van der Waals surface area contributed by atoms with E-state index in [0.717, 1.165) is 10.5 Å². The lowest BCUT2D eigenvalue weighted by atomic mass is 9.93. The number of alkyl carbamates (subject to hydrolysis) is 1. The molecule has 0 aliphatic carbocycles. The zero-order chi connectivity index (χ0) is 72.5. The summed E-state index contributed by atoms with van der Waals surface area (Å²) in [6.45, 7) is 11.2. The van der Waals surface area contributed by atoms with Crippen LogP contribution in [0.3, 0.4) is 0 Å². The standard InChI is InChI=1S/C69H79N9O20S2/c1-12-26-95-67(83)74-60(39(3)4)62(80)72-40(5)61(79)73-47-29-41(37-97-58-35-52-50(33-56(58)91-8)63(81)75-24-22-45(31-54(75)65(93-10)77(52)68(84)85)43-14-18-48(19-15-43)99(87,88)70-6)28-42(30-47)38-98-59-36-53-51(34-57(59)92-9)64(82)76-25-23-46(44-16-20-49(21-17-44)100(89,90)71-7)32-55(76)66(94-11)78(53)69(86)96-27-13-2/h12-23,28-30,33-36,39-40,54-55,60,65-66,70-71H,1-2,24-27,31-32,37-38H2,3-11H3,(H,72,80)(H,73,79)(H,74,83)(H,84,85)/t40-,54-,55-,60?,65?,66?/m0/s1. The van der Waals surface area contributed by atoms with Gasteiger partial charge in [0.1, 0.15) is 38.5 Å². The number of nitrogens with one attached hydrogen (secondary N) is 5. The van der Waals surface area contributed by atoms with Crippen LogP contribution in [0.4, 0.5) is 31.4 Å². The number of carbonyl (C=O) groups is 7. The van der Waals surface area contributed by atoms with E-state index >= 15 is 0 Å². The Morgan fingerprint density at radius 1 is 0.600 bits per heavy atom. The Hall–Kier alpha value is -10.3. The number of sulfonamides is 2. The van der Waals surface area contributed by atoms with Crippen molar-refractivity contribution in [3.8, 4) is 23.0 Å². The van der Waals surface area contributed by atoms with Gasteiger partial charge in [0.2, 0.25) is 31.9 Å². The Bertz CT molecular complexity index is 4300. The number of carboxylic acid groups (broad SMARTS) is 1. The molecule has 5 aromatic carbocycles. The molecule has 5 aromatic rings. The molecule has 4 aliphatic rings. The predicted octanol–water partition coefficient (Wildman–Crippen LogP) is 7.24. The summed E-state index contributed by atoms with van der Waals surface area (Å²) in [5, 5.41) is 19.0. The lowest BCUT2D eigenvalue weighted by Crippen LogP contribution is -2.55. The molecule has 0 bridgehead atoms. The maximum atomic E-state index is 14.9. The molecule has 3 unspecified atom stereocenters. The number of ether oxygens (including phenoxy) is 8. The van der Waals surface area contributed by atoms with Gasteiger partial charge < -0.3 is 68.8 Å². The van der Waals surface area contributed by atoms with Gasteiger partial charge >= 0.3 is 18.3 Å². The van der Waals surface area contributed by atoms with Gasteiger partial charge in [0.15, 0.2) is 35.5 Å². The molecule has 0 saturated carbocycles. The van der Waals surface area contributed by atoms with E-state index < -0.39 is 104 Å². The molecule has 6 N–H and O–H groups in total. The zero-order valence-corrected chi connectivity index (χ0v) is 58.0. The van der Waals surface area contributed by atoms with Crippen LogP contribution in [0.25, 0.3) is 11.1 Å². The van der Waals surface area contributed by atoms with E-state index in [1.807, 2.05) is 6.08 Å². The van der Waals surface area contributed by atoms with Gasteiger partial charge in [-0.2, -0.15) is 0 Å². The Morgan fingerprint density at radius 3 is 1.47 bits per heavy atom. The van der Waals surface area contributed by atoms with Crippen LogP contribution in [-0.2, 0) is 61.8 Å². The summed E-state index contributed by atoms with van der Waals surface area (Å²) in [6.07, 6.45) is 0.906. The van der Waals surface area contributed by atoms with Gasteiger partial charge in [-0.15, -0.1) is 0 Å². The molecule has 0 spiro atoms. The molecule has 29 nitrogen and oxygen atoms in total. The van der Waals surface area contributed by atoms with Crippen molar-refractivity contribution in [3.63, 3.8) is 0 Å². The molecule has 6 atom stereocenters. The molecule has 532 valence electrons. The number of rotatable bonds is 26. The molecule has 0 fully saturated rings. The van der Waals surface area contributed by atoms with Gasteiger partial charge in [0.05, 0.1) is 58.6 Å². The normalized spacial score (nSPS) is 18.0. The van der Waals surface area contributed by atoms with E-state index in [2.05, 4.69) is 38.6 Å². The number of carbonyl (C=O) groups excluding carboxylic acids is 6. The second-order valence-electron chi connectivity index (χ2n) is 23.6. The van der Waals surface area contributed by atoms with Crippen molar-refractivity contribution in [1.29, 1.82) is 0 Å². The molecular weight excluding hydrogens is 1340 g/mol. The fraction of sp³-hybridized carbons (Fsp3) is 0.348. The van der Waals surface area contributed by atoms with Crippen molar-refractivity contribution >= 4 is 90.2 Å². The van der Waals surface area contributed by atoms with Crippen molar-refractivity contribution in [2.75, 3.05) is 84.0 Å². The van der Waals surface area contributed by atoms with Crippen molar-refractivity contribution in [3.05, 3.63) is 162 Å². The molecule has 9 rings (SSSR count). The predicted molar refractivity (Wildman–Crippen MR) is 367 cm³/mol. The van der Waals surface area contributed by atoms with Crippen LogP contribution < -0.4 is 54.1 Å². The van der Waals surface area contributed by atoms with Crippen LogP contribution in [0.15, 0.2) is 138 Å². The second-order valence-corrected chi connectivity index (χ2v) is 27.4. The number of nitrogens with zero attached hydrogens (tertiary/aromatic N) is 4. The van der Waals surface area contributed by atoms with Crippen LogP contribution in [0.5, 0.6) is 23.0 Å². The van der Waals surface area contributed by atoms with Crippen molar-refractivity contribution in [2.45, 2.75) is 93.2 Å². The summed E-state index contributed by atoms with van der Waals surface area (Å²) in [5.41, 5.74) is 3.54. The highest BCUT2D eigenvalue weighted by atomic mass is 32.2. The average molecular weight is 1420 g/mol. The summed E-state index contributed by atoms with van der Waals surface area (Å²) in [4.78, 5) is 103. The maximum Gasteiger partial charge on any atom is 0.416 e. The van der Waals surface area contributed by atoms with Crippen molar-refractivity contribution in [1.82, 2.24) is 29.9 Å². The largest absolute Gasteiger partial charge is 0.493 e. The summed E-state index contributed by atoms with van der Waals surface area (Å²) < 4.78 is 102. The fourth-order valence-corrected chi connectivity index (χ4v) is 13.6. The Kier molecular flexibility index (Phi) is 23.4. The zero-order valence-electron chi connectivity index (χ0n) is 56.4. The first-order valence-electron chi connectivity index (χ1n) is 31.5. The Balaban J connectivity index is 1.05. The summed E-state index contributed by atoms with van der Waals surface area (Å²) in [6, 6.07) is 18.7. The van der Waals surface area contributed by atoms with E-state index in [1.165, 1.54) is 120 Å². The summed E-state index contributed by atoms with van der Waals surface area (Å²) in [5.74, 6) is -2.79. The van der Waals surface area contributed by atoms with E-state index in [1.54, 1.807) is 67.3 Å². The van der Waals surface area contributed by atoms with E-state index in [4.69, 9.17) is 37.9 Å². The number of methoxy groups -OCH3 is 4. The number of benzene rings is 5. The third kappa shape index (κ3) is 15.9. The first-order chi connectivity index (χ1) is 47.7. The first-order valence-corrected chi connectivity index (χ1v) is 34.4. The Morgan fingerprint density at radius 2 is 1.05 bits per heavy atom. The van der Waals surface area contributed by atoms with Gasteiger partial charge in [0, 0.05) is 45.1 Å². The highest BCUT2D eigenvalue weighted by Gasteiger charge is 2.48. The van der Waals surface area contributed by atoms with Gasteiger partial charge in [-0.25, -0.2) is 50.5 Å². The molecule has 4 aliphatic heterocycles. The number of fused-ring (bicyclic) bond motifs is 4. The average Bonchev–Trinajstić information content (AvgIpc) is 1.59. The van der Waals surface area contributed by atoms with Gasteiger partial charge in [-0.1, -0.05) is 75.6 Å². The third-order valence-corrected chi connectivity index (χ3v) is 20.1. The highest BCUT2D eigenvalue weighted by molar-refractivity contribution is 7.89. The third-order valence-electron chi connectivity index (χ3n) is 17.2. The minimum Gasteiger partial charge on any atom is -0.493 e. The van der Waals surface area contributed by atoms with Crippen LogP contribution in [0, 0.1) is 5.92 Å². The minimum atomic E-state index is -3.75. The quantitative estimate of drug-likeness (QED) is 0.0297. The number of hydrogen-bond donors (Lipinski definition) is 6. The van der Waals surface area contributed by atoms with Gasteiger partial charge in [0.25, 0.3) is 11.8 Å². The number of anilines is 3. The lowest BCUT2D eigenvalue weighted by molar-refractivity contribution is -0.128. The minimum absolute atomic E-state index is 0.0183. The number of hydrogen-bond acceptors (Lipinski definition) is 19. The molecule has 0 aromatic heterocycles. The second kappa shape index (κ2) is 31.7. The highest BCUT2D eigenvalue weighted by Crippen LogP contribution is 2.45. The van der Waals surface area contributed by atoms with Crippen molar-refractivity contribution in [2.24, 2.45) is 5.92 Å². The van der Waals surface area contributed by atoms with E-state index in [0.29, 0.717) is 27.8 Å². The topological polar surface area (TPSA) is 355 Å². The molecule has 31 heteroatoms. The Labute approximate surface area is 578 Å². The molecule has 7 amide bonds. The molecule has 100 heavy (non-hydrogen) atoms. The SMILES string of the molecule is C=CCOC(=O)NC(C(=O)N[C@@H](C)C(=O)Nc1cc(COc2cc3c(cc2OC)C(=O)N2CC=C(c4ccc(S(=O)(=O)NC)cc4)C[C@H]2C(OC)N3C(=O)O)cc(COc2cc3c(cc2OC)C(=O)N2CC=C(c4ccc(S(=O)(=O)NC)cc4)C[C@H]2C(OC)N3C(=O)OCC=C)c1)C(C)C. The molecule has 4 heterocycles. The van der Waals surface area contributed by atoms with Crippen LogP contribution in [0.2, 0.25) is 0 Å². The van der Waals surface area contributed by atoms with Gasteiger partial charge in [-0.05, 0) is 128 Å².